The Morgan fingerprint density at radius 3 is 0.619 bits per heavy atom. The number of likely N-dealkylation sites (N-methyl/N-ethyl adjacent to an activating group) is 4. The van der Waals surface area contributed by atoms with Gasteiger partial charge in [-0.3, -0.25) is 0 Å². The zero-order chi connectivity index (χ0) is 90.0. The van der Waals surface area contributed by atoms with E-state index in [1.165, 1.54) is 21.5 Å². The van der Waals surface area contributed by atoms with Gasteiger partial charge in [0.1, 0.15) is 46.7 Å². The van der Waals surface area contributed by atoms with Crippen molar-refractivity contribution in [2.75, 3.05) is 63.7 Å². The summed E-state index contributed by atoms with van der Waals surface area (Å²) in [5, 5.41) is 13.5. The van der Waals surface area contributed by atoms with Gasteiger partial charge in [0.25, 0.3) is 17.1 Å². The van der Waals surface area contributed by atoms with Gasteiger partial charge >= 0.3 is 16.3 Å². The van der Waals surface area contributed by atoms with Gasteiger partial charge in [-0.05, 0) is 152 Å². The average Bonchev–Trinajstić information content (AvgIpc) is 1.53. The predicted molar refractivity (Wildman–Crippen MR) is 541 cm³/mol. The van der Waals surface area contributed by atoms with Gasteiger partial charge in [0.2, 0.25) is 0 Å². The molecule has 6 heterocycles. The molecule has 4 aliphatic heterocycles. The van der Waals surface area contributed by atoms with E-state index >= 15 is 0 Å². The van der Waals surface area contributed by atoms with Gasteiger partial charge < -0.3 is 53.8 Å². The van der Waals surface area contributed by atoms with Crippen LogP contribution in [0.2, 0.25) is 0 Å². The van der Waals surface area contributed by atoms with Gasteiger partial charge in [0, 0.05) is 87.5 Å². The lowest BCUT2D eigenvalue weighted by molar-refractivity contribution is -0.194. The summed E-state index contributed by atoms with van der Waals surface area (Å²) >= 11 is 0. The summed E-state index contributed by atoms with van der Waals surface area (Å²) in [5.41, 5.74) is 6.21. The van der Waals surface area contributed by atoms with E-state index in [9.17, 15) is 0 Å². The fourth-order valence-corrected chi connectivity index (χ4v) is 27.3. The molecule has 672 valence electrons. The molecule has 2 spiro atoms. The van der Waals surface area contributed by atoms with Gasteiger partial charge in [0.05, 0.1) is 0 Å². The van der Waals surface area contributed by atoms with E-state index in [0.29, 0.717) is 26.2 Å². The third-order valence-electron chi connectivity index (χ3n) is 28.1. The number of ether oxygens (including phenoxy) is 4. The number of hydrogen-bond donors (Lipinski definition) is 0. The molecule has 0 N–H and O–H groups in total. The summed E-state index contributed by atoms with van der Waals surface area (Å²) < 4.78 is 99.3. The van der Waals surface area contributed by atoms with Crippen LogP contribution < -0.4 is 9.34 Å². The van der Waals surface area contributed by atoms with Crippen molar-refractivity contribution in [3.05, 3.63) is 433 Å². The largest absolute Gasteiger partial charge is 0.408 e. The molecule has 20 heteroatoms. The minimum Gasteiger partial charge on any atom is -0.408 e. The molecule has 0 radical (unpaired) electrons. The molecule has 16 nitrogen and oxygen atoms in total. The number of nitrogens with zero attached hydrogens (tertiary/aromatic N) is 4. The van der Waals surface area contributed by atoms with Crippen molar-refractivity contribution < 1.29 is 53.8 Å². The Hall–Kier alpha value is -11.3. The average molecular weight is 1850 g/mol. The van der Waals surface area contributed by atoms with Gasteiger partial charge in [-0.25, -0.2) is 18.7 Å². The lowest BCUT2D eigenvalue weighted by atomic mass is 9.72. The van der Waals surface area contributed by atoms with Gasteiger partial charge in [-0.15, -0.1) is 0 Å². The number of fused-ring (bicyclic) bond motifs is 16. The Bertz CT molecular complexity index is 6360. The molecule has 2 aromatic heterocycles. The monoisotopic (exact) mass is 1840 g/mol. The first-order chi connectivity index (χ1) is 65.9. The first-order valence-electron chi connectivity index (χ1n) is 46.7. The molecule has 24 rings (SSSR count). The van der Waals surface area contributed by atoms with Crippen LogP contribution in [0, 0.1) is 0 Å². The molecule has 4 atom stereocenters. The predicted octanol–water partition coefficient (Wildman–Crippen LogP) is 28.6. The lowest BCUT2D eigenvalue weighted by Crippen LogP contribution is -2.53. The molecule has 134 heavy (non-hydrogen) atoms. The van der Waals surface area contributed by atoms with Crippen LogP contribution in [0.3, 0.4) is 0 Å². The lowest BCUT2D eigenvalue weighted by Gasteiger charge is -2.42. The van der Waals surface area contributed by atoms with Crippen LogP contribution >= 0.6 is 33.4 Å². The highest BCUT2D eigenvalue weighted by Gasteiger charge is 2.71. The van der Waals surface area contributed by atoms with Crippen molar-refractivity contribution in [2.45, 2.75) is 110 Å². The molecular weight excluding hydrogens is 1740 g/mol. The topological polar surface area (TPSA) is 139 Å². The molecule has 2 aliphatic carbocycles. The summed E-state index contributed by atoms with van der Waals surface area (Å²) in [6.07, 6.45) is 4.51. The summed E-state index contributed by atoms with van der Waals surface area (Å²) in [6.45, 7) is 2.28. The highest BCUT2D eigenvalue weighted by molar-refractivity contribution is 7.45. The summed E-state index contributed by atoms with van der Waals surface area (Å²) in [4.78, 5) is 0. The molecular formula is C114H104N4O12P4. The van der Waals surface area contributed by atoms with Gasteiger partial charge in [-0.1, -0.05) is 364 Å². The number of benzene rings is 16. The molecule has 0 amide bonds. The molecule has 16 aromatic carbocycles. The van der Waals surface area contributed by atoms with E-state index in [-0.39, 0.29) is 0 Å². The zero-order valence-electron chi connectivity index (χ0n) is 75.2. The minimum atomic E-state index is -2.00. The maximum absolute atomic E-state index is 8.09. The third kappa shape index (κ3) is 15.3. The van der Waals surface area contributed by atoms with Crippen LogP contribution in [0.1, 0.15) is 95.9 Å². The fraction of sp³-hybridized carbons (Fsp3) is 0.228. The van der Waals surface area contributed by atoms with Crippen LogP contribution in [0.25, 0.3) is 87.0 Å². The molecule has 6 aliphatic rings. The Labute approximate surface area is 784 Å². The van der Waals surface area contributed by atoms with Crippen molar-refractivity contribution in [1.29, 1.82) is 0 Å². The van der Waals surface area contributed by atoms with Crippen LogP contribution in [0.4, 0.5) is 0 Å². The number of rotatable bonds is 18. The minimum absolute atomic E-state index is 0.477. The first kappa shape index (κ1) is 86.8. The smallest absolute Gasteiger partial charge is 0.309 e. The SMILES string of the molecule is CN(CCN(C)P1OC(c2ccccc2)(c2ccccc2)[C@@H]2OC3(CCCC3)O[C@H]2C(c2ccccc2)(c2ccccc2)O1)P1OC(c2ccccc2)(c2ccccc2)[C@@H]2OC3(CCCC3)O[C@H]2C(c2ccccc2)(c2ccccc2)O1.CN(CCN(C)p1oc2ccc3ccccc3c2c2c(ccc3ccccc32)o1)p1oc2ccc3ccccc3c2c2c(ccc3ccccc32)o1. The number of hydrogen-bond acceptors (Lipinski definition) is 16. The Morgan fingerprint density at radius 2 is 0.410 bits per heavy atom. The fourth-order valence-electron chi connectivity index (χ4n) is 21.5. The van der Waals surface area contributed by atoms with Crippen LogP contribution in [0.5, 0.6) is 0 Å². The van der Waals surface area contributed by atoms with Crippen molar-refractivity contribution in [3.63, 3.8) is 0 Å². The maximum Gasteiger partial charge on any atom is 0.309 e. The second-order valence-corrected chi connectivity index (χ2v) is 42.2. The van der Waals surface area contributed by atoms with Crippen molar-refractivity contribution in [1.82, 2.24) is 9.34 Å². The highest BCUT2D eigenvalue weighted by atomic mass is 31.2. The van der Waals surface area contributed by atoms with Crippen LogP contribution in [-0.2, 0) is 59.4 Å². The van der Waals surface area contributed by atoms with Gasteiger partial charge in [-0.2, -0.15) is 0 Å². The molecule has 0 unspecified atom stereocenters. The quantitative estimate of drug-likeness (QED) is 0.0752. The van der Waals surface area contributed by atoms with E-state index in [1.54, 1.807) is 0 Å². The van der Waals surface area contributed by atoms with Crippen LogP contribution in [0.15, 0.2) is 405 Å². The Balaban J connectivity index is 0.000000167. The van der Waals surface area contributed by atoms with Crippen molar-refractivity contribution >= 4 is 120 Å². The Kier molecular flexibility index (Phi) is 23.6. The van der Waals surface area contributed by atoms with Crippen molar-refractivity contribution in [2.24, 2.45) is 0 Å². The molecule has 0 bridgehead atoms. The summed E-state index contributed by atoms with van der Waals surface area (Å²) in [6, 6.07) is 136. The van der Waals surface area contributed by atoms with Crippen LogP contribution in [-0.4, -0.2) is 99.7 Å². The van der Waals surface area contributed by atoms with E-state index in [0.717, 1.165) is 161 Å². The maximum atomic E-state index is 8.09. The second-order valence-electron chi connectivity index (χ2n) is 36.1. The van der Waals surface area contributed by atoms with Crippen molar-refractivity contribution in [3.8, 4) is 0 Å². The molecule has 2 saturated carbocycles. The third-order valence-corrected chi connectivity index (χ3v) is 34.4. The summed E-state index contributed by atoms with van der Waals surface area (Å²) in [5.74, 6) is -1.64. The zero-order valence-corrected chi connectivity index (χ0v) is 78.8. The molecule has 18 aromatic rings. The van der Waals surface area contributed by atoms with E-state index in [1.807, 2.05) is 0 Å². The highest BCUT2D eigenvalue weighted by Crippen LogP contribution is 2.70. The first-order valence-corrected chi connectivity index (χ1v) is 51.2. The standard InChI is InChI=1S/C70H70N2O8P2.C44H34N2O4P2/c1-71(81-77-67(53-31-11-3-12-32-53,54-33-13-4-14-34-54)61-62(74-65(73-61)47-27-28-48-65)68(78-81,55-35-15-5-16-36-55)56-37-17-6-18-38-56)51-52-72(2)82-79-69(57-39-19-7-20-40-57,58-41-21-8-22-42-58)63-64(76-66(75-63)49-29-30-50-66)70(80-82,59-43-23-9-24-44-59)60-45-25-10-26-46-60;1-45(51-47-37-23-19-29-11-3-7-15-33(29)41(37)42-34-16-8-4-12-30(34)20-24-38(42)48-51)27-28-46(2)52-49-39-25-21-31-13-5-9-17-35(31)43(39)44-36-18-10-6-14-32(36)22-26-40(44)50-52/h3-26,31-46,61-64H,27-30,47-52H2,1-2H3;3-26H,27-28H2,1-2H3/t61-,62-,63-,64-;/m1./s1. The normalized spacial score (nSPS) is 20.0. The Morgan fingerprint density at radius 1 is 0.224 bits per heavy atom. The summed E-state index contributed by atoms with van der Waals surface area (Å²) in [7, 11) is 1.40. The molecule has 4 saturated heterocycles. The molecule has 6 fully saturated rings. The van der Waals surface area contributed by atoms with E-state index in [2.05, 4.69) is 435 Å². The van der Waals surface area contributed by atoms with E-state index < -0.39 is 91.8 Å². The van der Waals surface area contributed by atoms with Gasteiger partial charge in [0.15, 0.2) is 34.0 Å². The van der Waals surface area contributed by atoms with E-state index in [4.69, 9.17) is 53.8 Å². The second kappa shape index (κ2) is 36.4.